The molecular weight excluding hydrogens is 371 g/mol. The van der Waals surface area contributed by atoms with Crippen molar-refractivity contribution in [1.29, 1.82) is 0 Å². The number of carbonyl (C=O) groups excluding carboxylic acids is 1. The number of benzene rings is 2. The highest BCUT2D eigenvalue weighted by molar-refractivity contribution is 5.79. The molecule has 0 spiro atoms. The van der Waals surface area contributed by atoms with Crippen LogP contribution in [0.3, 0.4) is 0 Å². The number of amides is 1. The van der Waals surface area contributed by atoms with Gasteiger partial charge in [0.2, 0.25) is 0 Å². The fourth-order valence-corrected chi connectivity index (χ4v) is 2.54. The van der Waals surface area contributed by atoms with Crippen molar-refractivity contribution in [1.82, 2.24) is 15.5 Å². The van der Waals surface area contributed by atoms with Crippen molar-refractivity contribution < 1.29 is 13.9 Å². The Kier molecular flexibility index (Phi) is 8.95. The third-order valence-corrected chi connectivity index (χ3v) is 4.17. The van der Waals surface area contributed by atoms with Crippen LogP contribution >= 0.6 is 0 Å². The normalized spacial score (nSPS) is 11.1. The zero-order chi connectivity index (χ0) is 21.1. The van der Waals surface area contributed by atoms with Crippen LogP contribution in [0.5, 0.6) is 5.75 Å². The van der Waals surface area contributed by atoms with Gasteiger partial charge in [-0.1, -0.05) is 30.3 Å². The second-order valence-electron chi connectivity index (χ2n) is 6.69. The first-order chi connectivity index (χ1) is 14.0. The van der Waals surface area contributed by atoms with Crippen LogP contribution in [0.1, 0.15) is 18.1 Å². The standard InChI is InChI=1S/C22H29FN4O2/c1-4-24-22(25-13-12-18-9-5-6-11-20(18)23)26-15-17-8-7-10-19(14-17)29-16-21(28)27(2)3/h5-11,14H,4,12-13,15-16H2,1-3H3,(H2,24,25,26). The van der Waals surface area contributed by atoms with Crippen LogP contribution < -0.4 is 15.4 Å². The van der Waals surface area contributed by atoms with Crippen LogP contribution in [0.25, 0.3) is 0 Å². The molecule has 2 aromatic rings. The van der Waals surface area contributed by atoms with Gasteiger partial charge in [-0.05, 0) is 42.7 Å². The van der Waals surface area contributed by atoms with E-state index in [1.54, 1.807) is 26.2 Å². The maximum absolute atomic E-state index is 13.7. The molecule has 0 saturated carbocycles. The van der Waals surface area contributed by atoms with Crippen LogP contribution in [0.2, 0.25) is 0 Å². The highest BCUT2D eigenvalue weighted by Gasteiger charge is 2.06. The smallest absolute Gasteiger partial charge is 0.259 e. The summed E-state index contributed by atoms with van der Waals surface area (Å²) in [4.78, 5) is 17.7. The summed E-state index contributed by atoms with van der Waals surface area (Å²) >= 11 is 0. The lowest BCUT2D eigenvalue weighted by molar-refractivity contribution is -0.130. The van der Waals surface area contributed by atoms with Crippen LogP contribution in [0.4, 0.5) is 4.39 Å². The van der Waals surface area contributed by atoms with Gasteiger partial charge in [0.15, 0.2) is 12.6 Å². The zero-order valence-corrected chi connectivity index (χ0v) is 17.2. The van der Waals surface area contributed by atoms with Crippen molar-refractivity contribution in [2.75, 3.05) is 33.8 Å². The Balaban J connectivity index is 1.91. The van der Waals surface area contributed by atoms with Crippen molar-refractivity contribution in [3.05, 3.63) is 65.5 Å². The number of halogens is 1. The number of rotatable bonds is 9. The third-order valence-electron chi connectivity index (χ3n) is 4.17. The molecule has 2 rings (SSSR count). The summed E-state index contributed by atoms with van der Waals surface area (Å²) in [6, 6.07) is 14.3. The van der Waals surface area contributed by atoms with Crippen LogP contribution in [-0.4, -0.2) is 50.6 Å². The summed E-state index contributed by atoms with van der Waals surface area (Å²) in [5.41, 5.74) is 1.64. The molecule has 0 aliphatic heterocycles. The zero-order valence-electron chi connectivity index (χ0n) is 17.2. The fourth-order valence-electron chi connectivity index (χ4n) is 2.54. The van der Waals surface area contributed by atoms with Gasteiger partial charge < -0.3 is 20.3 Å². The quantitative estimate of drug-likeness (QED) is 0.502. The second-order valence-corrected chi connectivity index (χ2v) is 6.69. The molecule has 0 unspecified atom stereocenters. The van der Waals surface area contributed by atoms with Crippen LogP contribution in [-0.2, 0) is 17.8 Å². The number of nitrogens with one attached hydrogen (secondary N) is 2. The number of carbonyl (C=O) groups is 1. The predicted octanol–water partition coefficient (Wildman–Crippen LogP) is 2.59. The van der Waals surface area contributed by atoms with Crippen LogP contribution in [0, 0.1) is 5.82 Å². The lowest BCUT2D eigenvalue weighted by Crippen LogP contribution is -2.38. The van der Waals surface area contributed by atoms with Crippen molar-refractivity contribution in [3.8, 4) is 5.75 Å². The first-order valence-corrected chi connectivity index (χ1v) is 9.67. The van der Waals surface area contributed by atoms with Gasteiger partial charge in [0.25, 0.3) is 5.91 Å². The molecular formula is C22H29FN4O2. The monoisotopic (exact) mass is 400 g/mol. The fraction of sp³-hybridized carbons (Fsp3) is 0.364. The second kappa shape index (κ2) is 11.7. The van der Waals surface area contributed by atoms with Crippen molar-refractivity contribution in [2.45, 2.75) is 19.9 Å². The minimum Gasteiger partial charge on any atom is -0.484 e. The largest absolute Gasteiger partial charge is 0.484 e. The van der Waals surface area contributed by atoms with E-state index in [2.05, 4.69) is 15.6 Å². The molecule has 0 saturated heterocycles. The summed E-state index contributed by atoms with van der Waals surface area (Å²) in [6.45, 7) is 3.74. The number of ether oxygens (including phenoxy) is 1. The lowest BCUT2D eigenvalue weighted by atomic mass is 10.1. The molecule has 2 N–H and O–H groups in total. The Hall–Kier alpha value is -3.09. The predicted molar refractivity (Wildman–Crippen MR) is 114 cm³/mol. The number of nitrogens with zero attached hydrogens (tertiary/aromatic N) is 2. The number of aliphatic imine (C=N–C) groups is 1. The summed E-state index contributed by atoms with van der Waals surface area (Å²) in [7, 11) is 3.39. The topological polar surface area (TPSA) is 66.0 Å². The maximum atomic E-state index is 13.7. The molecule has 0 radical (unpaired) electrons. The van der Waals surface area contributed by atoms with Gasteiger partial charge in [0.05, 0.1) is 6.54 Å². The van der Waals surface area contributed by atoms with Gasteiger partial charge in [0.1, 0.15) is 11.6 Å². The SMILES string of the molecule is CCNC(=NCc1cccc(OCC(=O)N(C)C)c1)NCCc1ccccc1F. The van der Waals surface area contributed by atoms with E-state index in [-0.39, 0.29) is 18.3 Å². The Bertz CT molecular complexity index is 824. The maximum Gasteiger partial charge on any atom is 0.259 e. The minimum absolute atomic E-state index is 0.0000371. The number of hydrogen-bond donors (Lipinski definition) is 2. The van der Waals surface area contributed by atoms with Gasteiger partial charge >= 0.3 is 0 Å². The molecule has 29 heavy (non-hydrogen) atoms. The van der Waals surface area contributed by atoms with E-state index in [1.807, 2.05) is 37.3 Å². The molecule has 0 bridgehead atoms. The summed E-state index contributed by atoms with van der Waals surface area (Å²) < 4.78 is 19.3. The average molecular weight is 400 g/mol. The van der Waals surface area contributed by atoms with Crippen molar-refractivity contribution in [3.63, 3.8) is 0 Å². The van der Waals surface area contributed by atoms with E-state index < -0.39 is 0 Å². The Labute approximate surface area is 171 Å². The van der Waals surface area contributed by atoms with Gasteiger partial charge in [-0.25, -0.2) is 9.38 Å². The van der Waals surface area contributed by atoms with Gasteiger partial charge in [-0.15, -0.1) is 0 Å². The van der Waals surface area contributed by atoms with E-state index in [9.17, 15) is 9.18 Å². The van der Waals surface area contributed by atoms with E-state index in [4.69, 9.17) is 4.74 Å². The Morgan fingerprint density at radius 2 is 1.93 bits per heavy atom. The molecule has 2 aromatic carbocycles. The average Bonchev–Trinajstić information content (AvgIpc) is 2.71. The number of hydrogen-bond acceptors (Lipinski definition) is 3. The van der Waals surface area contributed by atoms with Crippen molar-refractivity contribution >= 4 is 11.9 Å². The summed E-state index contributed by atoms with van der Waals surface area (Å²) in [5.74, 6) is 1.01. The molecule has 0 atom stereocenters. The molecule has 0 aliphatic carbocycles. The van der Waals surface area contributed by atoms with Gasteiger partial charge in [-0.3, -0.25) is 4.79 Å². The highest BCUT2D eigenvalue weighted by Crippen LogP contribution is 2.14. The molecule has 7 heteroatoms. The van der Waals surface area contributed by atoms with Crippen molar-refractivity contribution in [2.24, 2.45) is 4.99 Å². The first kappa shape index (κ1) is 22.2. The Morgan fingerprint density at radius 3 is 2.66 bits per heavy atom. The molecule has 156 valence electrons. The van der Waals surface area contributed by atoms with Crippen LogP contribution in [0.15, 0.2) is 53.5 Å². The van der Waals surface area contributed by atoms with E-state index in [0.29, 0.717) is 36.8 Å². The van der Waals surface area contributed by atoms with E-state index in [1.165, 1.54) is 11.0 Å². The molecule has 0 heterocycles. The lowest BCUT2D eigenvalue weighted by Gasteiger charge is -2.13. The third kappa shape index (κ3) is 7.81. The van der Waals surface area contributed by atoms with Gasteiger partial charge in [0, 0.05) is 27.2 Å². The highest BCUT2D eigenvalue weighted by atomic mass is 19.1. The molecule has 0 fully saturated rings. The van der Waals surface area contributed by atoms with E-state index in [0.717, 1.165) is 12.1 Å². The Morgan fingerprint density at radius 1 is 1.14 bits per heavy atom. The van der Waals surface area contributed by atoms with Gasteiger partial charge in [-0.2, -0.15) is 0 Å². The van der Waals surface area contributed by atoms with E-state index >= 15 is 0 Å². The summed E-state index contributed by atoms with van der Waals surface area (Å²) in [5, 5.41) is 6.41. The minimum atomic E-state index is -0.194. The number of likely N-dealkylation sites (N-methyl/N-ethyl adjacent to an activating group) is 1. The molecule has 1 amide bonds. The summed E-state index contributed by atoms with van der Waals surface area (Å²) in [6.07, 6.45) is 0.570. The molecule has 6 nitrogen and oxygen atoms in total. The number of guanidine groups is 1. The first-order valence-electron chi connectivity index (χ1n) is 9.67. The molecule has 0 aromatic heterocycles. The molecule has 0 aliphatic rings.